The Bertz CT molecular complexity index is 213. The summed E-state index contributed by atoms with van der Waals surface area (Å²) in [5, 5.41) is 3.37. The van der Waals surface area contributed by atoms with Gasteiger partial charge in [0, 0.05) is 24.3 Å². The van der Waals surface area contributed by atoms with E-state index in [9.17, 15) is 0 Å². The zero-order valence-electron chi connectivity index (χ0n) is 11.5. The molecule has 0 aromatic carbocycles. The summed E-state index contributed by atoms with van der Waals surface area (Å²) in [6.07, 6.45) is 4.15. The van der Waals surface area contributed by atoms with Gasteiger partial charge >= 0.3 is 0 Å². The smallest absolute Gasteiger partial charge is 0.0380 e. The number of nitrogens with one attached hydrogen (secondary N) is 1. The summed E-state index contributed by atoms with van der Waals surface area (Å²) in [5.41, 5.74) is 1.32. The van der Waals surface area contributed by atoms with Crippen molar-refractivity contribution in [2.45, 2.75) is 46.1 Å². The van der Waals surface area contributed by atoms with Gasteiger partial charge in [-0.3, -0.25) is 4.90 Å². The Hall–Kier alpha value is -0.760. The van der Waals surface area contributed by atoms with Crippen LogP contribution in [0.15, 0.2) is 24.9 Å². The molecule has 0 aromatic rings. The minimum atomic E-state index is 0.209. The number of allylic oxidation sites excluding steroid dienone is 1. The van der Waals surface area contributed by atoms with Crippen LogP contribution in [0.1, 0.15) is 40.5 Å². The fraction of sp³-hybridized carbons (Fsp3) is 0.714. The first-order valence-electron chi connectivity index (χ1n) is 6.19. The molecule has 0 aliphatic carbocycles. The van der Waals surface area contributed by atoms with Crippen molar-refractivity contribution in [2.75, 3.05) is 19.6 Å². The van der Waals surface area contributed by atoms with Crippen molar-refractivity contribution in [3.8, 4) is 0 Å². The maximum atomic E-state index is 4.07. The average molecular weight is 224 g/mol. The molecule has 2 heteroatoms. The summed E-state index contributed by atoms with van der Waals surface area (Å²) >= 11 is 0. The van der Waals surface area contributed by atoms with E-state index in [1.165, 1.54) is 0 Å². The topological polar surface area (TPSA) is 15.3 Å². The highest BCUT2D eigenvalue weighted by Gasteiger charge is 2.19. The lowest BCUT2D eigenvalue weighted by molar-refractivity contribution is 0.156. The molecule has 0 unspecified atom stereocenters. The Kier molecular flexibility index (Phi) is 7.15. The second kappa shape index (κ2) is 7.50. The molecule has 0 rings (SSSR count). The lowest BCUT2D eigenvalue weighted by Gasteiger charge is -2.35. The molecule has 0 atom stereocenters. The Morgan fingerprint density at radius 3 is 2.44 bits per heavy atom. The second-order valence-corrected chi connectivity index (χ2v) is 5.15. The Morgan fingerprint density at radius 2 is 2.00 bits per heavy atom. The van der Waals surface area contributed by atoms with Gasteiger partial charge in [0.15, 0.2) is 0 Å². The van der Waals surface area contributed by atoms with Crippen LogP contribution in [0, 0.1) is 0 Å². The molecule has 0 fully saturated rings. The van der Waals surface area contributed by atoms with Crippen molar-refractivity contribution >= 4 is 0 Å². The molecule has 2 nitrogen and oxygen atoms in total. The second-order valence-electron chi connectivity index (χ2n) is 5.15. The first-order chi connectivity index (χ1) is 7.41. The highest BCUT2D eigenvalue weighted by Crippen LogP contribution is 2.13. The number of likely N-dealkylation sites (N-methyl/N-ethyl adjacent to an activating group) is 1. The summed E-state index contributed by atoms with van der Waals surface area (Å²) in [6.45, 7) is 19.7. The molecule has 0 radical (unpaired) electrons. The van der Waals surface area contributed by atoms with Crippen LogP contribution in [0.4, 0.5) is 0 Å². The summed E-state index contributed by atoms with van der Waals surface area (Å²) in [5.74, 6) is 0. The first-order valence-corrected chi connectivity index (χ1v) is 6.19. The van der Waals surface area contributed by atoms with E-state index < -0.39 is 0 Å². The van der Waals surface area contributed by atoms with Gasteiger partial charge in [0.05, 0.1) is 0 Å². The SMILES string of the molecule is C=CCCCNC(=C)CN(CC)C(C)(C)C. The van der Waals surface area contributed by atoms with Crippen molar-refractivity contribution in [1.82, 2.24) is 10.2 Å². The quantitative estimate of drug-likeness (QED) is 0.503. The molecule has 0 aliphatic heterocycles. The molecular weight excluding hydrogens is 196 g/mol. The first kappa shape index (κ1) is 15.2. The van der Waals surface area contributed by atoms with Gasteiger partial charge in [-0.2, -0.15) is 0 Å². The maximum absolute atomic E-state index is 4.07. The van der Waals surface area contributed by atoms with Crippen LogP contribution in [0.3, 0.4) is 0 Å². The predicted octanol–water partition coefficient (Wildman–Crippen LogP) is 3.18. The van der Waals surface area contributed by atoms with Gasteiger partial charge in [-0.15, -0.1) is 6.58 Å². The Balaban J connectivity index is 3.88. The van der Waals surface area contributed by atoms with Gasteiger partial charge in [-0.25, -0.2) is 0 Å². The van der Waals surface area contributed by atoms with E-state index in [0.717, 1.165) is 38.2 Å². The molecule has 0 saturated carbocycles. The van der Waals surface area contributed by atoms with Crippen LogP contribution in [-0.4, -0.2) is 30.1 Å². The minimum Gasteiger partial charge on any atom is -0.388 e. The van der Waals surface area contributed by atoms with Crippen molar-refractivity contribution in [3.05, 3.63) is 24.9 Å². The summed E-state index contributed by atoms with van der Waals surface area (Å²) in [6, 6.07) is 0. The Labute approximate surface area is 101 Å². The van der Waals surface area contributed by atoms with E-state index in [1.807, 2.05) is 6.08 Å². The molecule has 0 saturated heterocycles. The molecule has 94 valence electrons. The highest BCUT2D eigenvalue weighted by atomic mass is 15.2. The summed E-state index contributed by atoms with van der Waals surface area (Å²) in [7, 11) is 0. The molecule has 0 aliphatic rings. The van der Waals surface area contributed by atoms with Gasteiger partial charge in [0.1, 0.15) is 0 Å². The predicted molar refractivity (Wildman–Crippen MR) is 73.6 cm³/mol. The fourth-order valence-electron chi connectivity index (χ4n) is 1.62. The van der Waals surface area contributed by atoms with E-state index in [1.54, 1.807) is 0 Å². The third-order valence-electron chi connectivity index (χ3n) is 2.67. The number of nitrogens with zero attached hydrogens (tertiary/aromatic N) is 1. The zero-order valence-corrected chi connectivity index (χ0v) is 11.5. The van der Waals surface area contributed by atoms with Gasteiger partial charge in [0.25, 0.3) is 0 Å². The van der Waals surface area contributed by atoms with Crippen LogP contribution in [0.2, 0.25) is 0 Å². The van der Waals surface area contributed by atoms with Crippen molar-refractivity contribution < 1.29 is 0 Å². The molecule has 0 heterocycles. The Morgan fingerprint density at radius 1 is 1.38 bits per heavy atom. The zero-order chi connectivity index (χ0) is 12.6. The van der Waals surface area contributed by atoms with Crippen LogP contribution in [0.5, 0.6) is 0 Å². The molecule has 1 N–H and O–H groups in total. The van der Waals surface area contributed by atoms with E-state index in [4.69, 9.17) is 0 Å². The largest absolute Gasteiger partial charge is 0.388 e. The summed E-state index contributed by atoms with van der Waals surface area (Å²) in [4.78, 5) is 2.41. The molecule has 16 heavy (non-hydrogen) atoms. The molecular formula is C14H28N2. The van der Waals surface area contributed by atoms with E-state index in [2.05, 4.69) is 51.1 Å². The third-order valence-corrected chi connectivity index (χ3v) is 2.67. The normalized spacial score (nSPS) is 11.6. The van der Waals surface area contributed by atoms with Gasteiger partial charge in [-0.05, 0) is 40.2 Å². The number of unbranched alkanes of at least 4 members (excludes halogenated alkanes) is 1. The van der Waals surface area contributed by atoms with E-state index >= 15 is 0 Å². The van der Waals surface area contributed by atoms with Gasteiger partial charge < -0.3 is 5.32 Å². The molecule has 0 amide bonds. The number of hydrogen-bond donors (Lipinski definition) is 1. The highest BCUT2D eigenvalue weighted by molar-refractivity contribution is 4.96. The summed E-state index contributed by atoms with van der Waals surface area (Å²) < 4.78 is 0. The average Bonchev–Trinajstić information content (AvgIpc) is 2.19. The van der Waals surface area contributed by atoms with Crippen LogP contribution in [0.25, 0.3) is 0 Å². The lowest BCUT2D eigenvalue weighted by atomic mass is 10.1. The molecule has 0 spiro atoms. The van der Waals surface area contributed by atoms with Crippen molar-refractivity contribution in [1.29, 1.82) is 0 Å². The maximum Gasteiger partial charge on any atom is 0.0380 e. The fourth-order valence-corrected chi connectivity index (χ4v) is 1.62. The molecule has 0 bridgehead atoms. The van der Waals surface area contributed by atoms with Crippen LogP contribution < -0.4 is 5.32 Å². The van der Waals surface area contributed by atoms with Crippen molar-refractivity contribution in [3.63, 3.8) is 0 Å². The lowest BCUT2D eigenvalue weighted by Crippen LogP contribution is -2.43. The standard InChI is InChI=1S/C14H28N2/c1-7-9-10-11-15-13(3)12-16(8-2)14(4,5)6/h7,15H,1,3,8-12H2,2,4-6H3. The van der Waals surface area contributed by atoms with Gasteiger partial charge in [-0.1, -0.05) is 19.6 Å². The van der Waals surface area contributed by atoms with Gasteiger partial charge in [0.2, 0.25) is 0 Å². The molecule has 0 aromatic heterocycles. The van der Waals surface area contributed by atoms with Crippen LogP contribution in [-0.2, 0) is 0 Å². The van der Waals surface area contributed by atoms with E-state index in [0.29, 0.717) is 0 Å². The monoisotopic (exact) mass is 224 g/mol. The number of hydrogen-bond acceptors (Lipinski definition) is 2. The van der Waals surface area contributed by atoms with Crippen molar-refractivity contribution in [2.24, 2.45) is 0 Å². The van der Waals surface area contributed by atoms with Crippen LogP contribution >= 0.6 is 0 Å². The minimum absolute atomic E-state index is 0.209. The number of rotatable bonds is 8. The third kappa shape index (κ3) is 6.67. The van der Waals surface area contributed by atoms with E-state index in [-0.39, 0.29) is 5.54 Å².